The van der Waals surface area contributed by atoms with Crippen LogP contribution in [0.2, 0.25) is 0 Å². The monoisotopic (exact) mass is 252 g/mol. The van der Waals surface area contributed by atoms with Gasteiger partial charge in [-0.25, -0.2) is 0 Å². The minimum atomic E-state index is 0.0606. The van der Waals surface area contributed by atoms with Gasteiger partial charge in [0, 0.05) is 6.61 Å². The molecule has 0 radical (unpaired) electrons. The molecule has 1 amide bonds. The highest BCUT2D eigenvalue weighted by Gasteiger charge is 2.46. The Morgan fingerprint density at radius 2 is 2.22 bits per heavy atom. The van der Waals surface area contributed by atoms with Gasteiger partial charge in [0.25, 0.3) is 0 Å². The molecular formula is C14H24N2O2. The lowest BCUT2D eigenvalue weighted by atomic mass is 10.0. The first-order chi connectivity index (χ1) is 8.81. The van der Waals surface area contributed by atoms with Crippen molar-refractivity contribution in [3.05, 3.63) is 0 Å². The van der Waals surface area contributed by atoms with Crippen molar-refractivity contribution >= 4 is 5.91 Å². The maximum Gasteiger partial charge on any atom is 0.241 e. The molecule has 2 aliphatic heterocycles. The first kappa shape index (κ1) is 12.4. The second-order valence-electron chi connectivity index (χ2n) is 5.89. The minimum Gasteiger partial charge on any atom is -0.376 e. The summed E-state index contributed by atoms with van der Waals surface area (Å²) in [5.74, 6) is 1.03. The molecule has 4 heteroatoms. The van der Waals surface area contributed by atoms with Crippen LogP contribution in [0.4, 0.5) is 0 Å². The van der Waals surface area contributed by atoms with Gasteiger partial charge < -0.3 is 9.64 Å². The molecule has 3 unspecified atom stereocenters. The molecule has 3 fully saturated rings. The molecule has 0 aromatic heterocycles. The molecule has 2 saturated heterocycles. The summed E-state index contributed by atoms with van der Waals surface area (Å²) in [5, 5.41) is 3.37. The summed E-state index contributed by atoms with van der Waals surface area (Å²) in [6, 6.07) is 0.398. The number of nitrogens with zero attached hydrogens (tertiary/aromatic N) is 1. The van der Waals surface area contributed by atoms with Gasteiger partial charge in [0.15, 0.2) is 0 Å². The van der Waals surface area contributed by atoms with Crippen molar-refractivity contribution in [2.45, 2.75) is 63.6 Å². The molecular weight excluding hydrogens is 228 g/mol. The lowest BCUT2D eigenvalue weighted by molar-refractivity contribution is -0.132. The Hall–Kier alpha value is -0.610. The molecule has 4 nitrogen and oxygen atoms in total. The second kappa shape index (κ2) is 5.17. The van der Waals surface area contributed by atoms with E-state index in [9.17, 15) is 4.79 Å². The third-order valence-electron chi connectivity index (χ3n) is 4.53. The first-order valence-electron chi connectivity index (χ1n) is 7.46. The average molecular weight is 252 g/mol. The fraction of sp³-hybridized carbons (Fsp3) is 0.929. The van der Waals surface area contributed by atoms with E-state index in [2.05, 4.69) is 17.1 Å². The van der Waals surface area contributed by atoms with Crippen molar-refractivity contribution in [3.63, 3.8) is 0 Å². The Morgan fingerprint density at radius 3 is 2.94 bits per heavy atom. The number of carbonyl (C=O) groups is 1. The van der Waals surface area contributed by atoms with Gasteiger partial charge in [0.2, 0.25) is 5.91 Å². The maximum absolute atomic E-state index is 12.4. The summed E-state index contributed by atoms with van der Waals surface area (Å²) in [7, 11) is 0. The molecule has 0 aromatic rings. The van der Waals surface area contributed by atoms with Crippen LogP contribution >= 0.6 is 0 Å². The Labute approximate surface area is 109 Å². The van der Waals surface area contributed by atoms with E-state index >= 15 is 0 Å². The Bertz CT molecular complexity index is 317. The summed E-state index contributed by atoms with van der Waals surface area (Å²) >= 11 is 0. The van der Waals surface area contributed by atoms with Crippen molar-refractivity contribution in [1.82, 2.24) is 10.2 Å². The average Bonchev–Trinajstić information content (AvgIpc) is 3.00. The SMILES string of the molecule is CCCCC1NCN(C2CCOC2C2CC2)C1=O. The smallest absolute Gasteiger partial charge is 0.241 e. The van der Waals surface area contributed by atoms with E-state index in [1.807, 2.05) is 0 Å². The number of ether oxygens (including phenoxy) is 1. The number of unbranched alkanes of at least 4 members (excludes halogenated alkanes) is 1. The number of hydrogen-bond acceptors (Lipinski definition) is 3. The fourth-order valence-corrected chi connectivity index (χ4v) is 3.30. The van der Waals surface area contributed by atoms with Gasteiger partial charge in [-0.05, 0) is 31.6 Å². The minimum absolute atomic E-state index is 0.0606. The van der Waals surface area contributed by atoms with E-state index in [4.69, 9.17) is 4.74 Å². The molecule has 1 N–H and O–H groups in total. The van der Waals surface area contributed by atoms with Gasteiger partial charge in [0.1, 0.15) is 0 Å². The van der Waals surface area contributed by atoms with E-state index in [0.29, 0.717) is 18.1 Å². The highest BCUT2D eigenvalue weighted by molar-refractivity contribution is 5.84. The fourth-order valence-electron chi connectivity index (χ4n) is 3.30. The predicted molar refractivity (Wildman–Crippen MR) is 69.0 cm³/mol. The predicted octanol–water partition coefficient (Wildman–Crippen LogP) is 1.50. The molecule has 0 spiro atoms. The zero-order valence-corrected chi connectivity index (χ0v) is 11.2. The second-order valence-corrected chi connectivity index (χ2v) is 5.89. The van der Waals surface area contributed by atoms with Crippen molar-refractivity contribution in [1.29, 1.82) is 0 Å². The topological polar surface area (TPSA) is 41.6 Å². The Morgan fingerprint density at radius 1 is 1.39 bits per heavy atom. The third-order valence-corrected chi connectivity index (χ3v) is 4.53. The first-order valence-corrected chi connectivity index (χ1v) is 7.46. The number of rotatable bonds is 5. The van der Waals surface area contributed by atoms with Gasteiger partial charge in [-0.15, -0.1) is 0 Å². The molecule has 3 rings (SSSR count). The Balaban J connectivity index is 1.60. The maximum atomic E-state index is 12.4. The lowest BCUT2D eigenvalue weighted by Gasteiger charge is -2.27. The zero-order valence-electron chi connectivity index (χ0n) is 11.2. The van der Waals surface area contributed by atoms with Crippen molar-refractivity contribution in [2.75, 3.05) is 13.3 Å². The molecule has 1 saturated carbocycles. The molecule has 3 atom stereocenters. The third kappa shape index (κ3) is 2.28. The standard InChI is InChI=1S/C14H24N2O2/c1-2-3-4-11-14(17)16(9-15-11)12-7-8-18-13(12)10-5-6-10/h10-13,15H,2-9H2,1H3. The summed E-state index contributed by atoms with van der Waals surface area (Å²) in [5.41, 5.74) is 0. The number of hydrogen-bond donors (Lipinski definition) is 1. The van der Waals surface area contributed by atoms with Gasteiger partial charge in [0.05, 0.1) is 24.9 Å². The zero-order chi connectivity index (χ0) is 12.5. The lowest BCUT2D eigenvalue weighted by Crippen LogP contribution is -2.44. The molecule has 102 valence electrons. The van der Waals surface area contributed by atoms with Gasteiger partial charge in [-0.3, -0.25) is 10.1 Å². The van der Waals surface area contributed by atoms with Gasteiger partial charge in [-0.1, -0.05) is 19.8 Å². The van der Waals surface area contributed by atoms with Crippen molar-refractivity contribution < 1.29 is 9.53 Å². The van der Waals surface area contributed by atoms with E-state index in [1.165, 1.54) is 12.8 Å². The highest BCUT2D eigenvalue weighted by Crippen LogP contribution is 2.40. The van der Waals surface area contributed by atoms with Crippen LogP contribution in [0.5, 0.6) is 0 Å². The van der Waals surface area contributed by atoms with Crippen LogP contribution in [0.15, 0.2) is 0 Å². The largest absolute Gasteiger partial charge is 0.376 e. The number of nitrogens with one attached hydrogen (secondary N) is 1. The van der Waals surface area contributed by atoms with E-state index in [0.717, 1.165) is 44.9 Å². The van der Waals surface area contributed by atoms with Crippen LogP contribution in [0.3, 0.4) is 0 Å². The molecule has 0 aromatic carbocycles. The van der Waals surface area contributed by atoms with E-state index < -0.39 is 0 Å². The van der Waals surface area contributed by atoms with Crippen LogP contribution in [0.25, 0.3) is 0 Å². The van der Waals surface area contributed by atoms with Crippen LogP contribution in [-0.4, -0.2) is 42.3 Å². The number of amides is 1. The summed E-state index contributed by atoms with van der Waals surface area (Å²) < 4.78 is 5.84. The molecule has 1 aliphatic carbocycles. The molecule has 0 bridgehead atoms. The van der Waals surface area contributed by atoms with E-state index in [-0.39, 0.29) is 6.04 Å². The van der Waals surface area contributed by atoms with Crippen LogP contribution < -0.4 is 5.32 Å². The summed E-state index contributed by atoms with van der Waals surface area (Å²) in [4.78, 5) is 14.4. The summed E-state index contributed by atoms with van der Waals surface area (Å²) in [6.07, 6.45) is 7.18. The molecule has 2 heterocycles. The van der Waals surface area contributed by atoms with E-state index in [1.54, 1.807) is 0 Å². The van der Waals surface area contributed by atoms with Crippen molar-refractivity contribution in [3.8, 4) is 0 Å². The van der Waals surface area contributed by atoms with Crippen LogP contribution in [0, 0.1) is 5.92 Å². The van der Waals surface area contributed by atoms with Crippen LogP contribution in [-0.2, 0) is 9.53 Å². The quantitative estimate of drug-likeness (QED) is 0.806. The van der Waals surface area contributed by atoms with Crippen LogP contribution in [0.1, 0.15) is 45.4 Å². The normalized spacial score (nSPS) is 36.6. The van der Waals surface area contributed by atoms with Crippen molar-refractivity contribution in [2.24, 2.45) is 5.92 Å². The summed E-state index contributed by atoms with van der Waals surface area (Å²) in [6.45, 7) is 3.73. The van der Waals surface area contributed by atoms with Gasteiger partial charge >= 0.3 is 0 Å². The Kier molecular flexibility index (Phi) is 3.57. The highest BCUT2D eigenvalue weighted by atomic mass is 16.5. The number of carbonyl (C=O) groups excluding carboxylic acids is 1. The molecule has 18 heavy (non-hydrogen) atoms. The molecule has 3 aliphatic rings. The van der Waals surface area contributed by atoms with Gasteiger partial charge in [-0.2, -0.15) is 0 Å².